The standard InChI is InChI=1S/C11H26N2O2/c1-11(2,3)15-9-7-13-10-12-6-5-8-14-4/h12-13H,5-10H2,1-4H3. The van der Waals surface area contributed by atoms with Crippen molar-refractivity contribution < 1.29 is 9.47 Å². The van der Waals surface area contributed by atoms with Crippen molar-refractivity contribution in [2.75, 3.05) is 40.1 Å². The van der Waals surface area contributed by atoms with Gasteiger partial charge in [-0.1, -0.05) is 0 Å². The molecular weight excluding hydrogens is 192 g/mol. The molecule has 4 nitrogen and oxygen atoms in total. The first-order valence-corrected chi connectivity index (χ1v) is 5.60. The lowest BCUT2D eigenvalue weighted by molar-refractivity contribution is -0.000885. The number of hydrogen-bond donors (Lipinski definition) is 2. The van der Waals surface area contributed by atoms with Crippen molar-refractivity contribution in [3.05, 3.63) is 0 Å². The van der Waals surface area contributed by atoms with E-state index in [4.69, 9.17) is 9.47 Å². The molecule has 0 saturated carbocycles. The molecule has 0 heterocycles. The minimum Gasteiger partial charge on any atom is -0.385 e. The fraction of sp³-hybridized carbons (Fsp3) is 1.00. The van der Waals surface area contributed by atoms with Crippen molar-refractivity contribution in [1.29, 1.82) is 0 Å². The van der Waals surface area contributed by atoms with E-state index in [1.807, 2.05) is 0 Å². The maximum Gasteiger partial charge on any atom is 0.0599 e. The Morgan fingerprint density at radius 2 is 1.67 bits per heavy atom. The van der Waals surface area contributed by atoms with E-state index in [2.05, 4.69) is 31.4 Å². The van der Waals surface area contributed by atoms with Gasteiger partial charge in [-0.3, -0.25) is 0 Å². The van der Waals surface area contributed by atoms with Crippen molar-refractivity contribution >= 4 is 0 Å². The normalized spacial score (nSPS) is 12.0. The van der Waals surface area contributed by atoms with Crippen LogP contribution in [0.5, 0.6) is 0 Å². The van der Waals surface area contributed by atoms with Crippen LogP contribution in [0.15, 0.2) is 0 Å². The molecule has 4 heteroatoms. The Kier molecular flexibility index (Phi) is 9.00. The summed E-state index contributed by atoms with van der Waals surface area (Å²) in [5, 5.41) is 6.53. The van der Waals surface area contributed by atoms with E-state index in [0.29, 0.717) is 0 Å². The lowest BCUT2D eigenvalue weighted by Crippen LogP contribution is -2.33. The average molecular weight is 218 g/mol. The van der Waals surface area contributed by atoms with Crippen LogP contribution in [0.2, 0.25) is 0 Å². The van der Waals surface area contributed by atoms with Crippen molar-refractivity contribution in [2.24, 2.45) is 0 Å². The first-order chi connectivity index (χ1) is 7.06. The molecule has 0 radical (unpaired) electrons. The minimum atomic E-state index is -0.0342. The van der Waals surface area contributed by atoms with Crippen LogP contribution in [0.3, 0.4) is 0 Å². The Balaban J connectivity index is 2.99. The van der Waals surface area contributed by atoms with Gasteiger partial charge in [0, 0.05) is 26.9 Å². The summed E-state index contributed by atoms with van der Waals surface area (Å²) in [5.41, 5.74) is -0.0342. The second-order valence-corrected chi connectivity index (χ2v) is 4.48. The summed E-state index contributed by atoms with van der Waals surface area (Å²) in [4.78, 5) is 0. The second-order valence-electron chi connectivity index (χ2n) is 4.48. The van der Waals surface area contributed by atoms with E-state index in [-0.39, 0.29) is 5.60 Å². The molecule has 0 aliphatic heterocycles. The van der Waals surface area contributed by atoms with E-state index in [1.165, 1.54) is 0 Å². The minimum absolute atomic E-state index is 0.0342. The zero-order valence-corrected chi connectivity index (χ0v) is 10.6. The fourth-order valence-electron chi connectivity index (χ4n) is 1.04. The van der Waals surface area contributed by atoms with Gasteiger partial charge in [-0.25, -0.2) is 0 Å². The van der Waals surface area contributed by atoms with E-state index in [9.17, 15) is 0 Å². The van der Waals surface area contributed by atoms with Gasteiger partial charge in [0.15, 0.2) is 0 Å². The van der Waals surface area contributed by atoms with Gasteiger partial charge in [-0.05, 0) is 33.7 Å². The average Bonchev–Trinajstić information content (AvgIpc) is 2.14. The molecule has 0 rings (SSSR count). The molecule has 0 aromatic rings. The van der Waals surface area contributed by atoms with Crippen molar-refractivity contribution in [3.63, 3.8) is 0 Å². The molecule has 92 valence electrons. The molecule has 0 bridgehead atoms. The second kappa shape index (κ2) is 9.09. The van der Waals surface area contributed by atoms with Gasteiger partial charge in [0.1, 0.15) is 0 Å². The smallest absolute Gasteiger partial charge is 0.0599 e. The van der Waals surface area contributed by atoms with Crippen molar-refractivity contribution in [2.45, 2.75) is 32.8 Å². The van der Waals surface area contributed by atoms with Gasteiger partial charge in [-0.2, -0.15) is 0 Å². The SMILES string of the molecule is COCCCNCNCCOC(C)(C)C. The van der Waals surface area contributed by atoms with E-state index < -0.39 is 0 Å². The first kappa shape index (κ1) is 14.8. The number of nitrogens with one attached hydrogen (secondary N) is 2. The molecule has 15 heavy (non-hydrogen) atoms. The molecular formula is C11H26N2O2. The maximum absolute atomic E-state index is 5.56. The molecule has 0 aromatic carbocycles. The highest BCUT2D eigenvalue weighted by atomic mass is 16.5. The van der Waals surface area contributed by atoms with E-state index in [0.717, 1.165) is 39.4 Å². The van der Waals surface area contributed by atoms with Crippen LogP contribution in [0.25, 0.3) is 0 Å². The molecule has 0 aliphatic carbocycles. The Labute approximate surface area is 93.7 Å². The largest absolute Gasteiger partial charge is 0.385 e. The summed E-state index contributed by atoms with van der Waals surface area (Å²) in [5.74, 6) is 0. The number of rotatable bonds is 9. The summed E-state index contributed by atoms with van der Waals surface area (Å²) < 4.78 is 10.5. The van der Waals surface area contributed by atoms with Gasteiger partial charge in [0.05, 0.1) is 12.2 Å². The van der Waals surface area contributed by atoms with Crippen LogP contribution in [0, 0.1) is 0 Å². The Hall–Kier alpha value is -0.160. The predicted molar refractivity (Wildman–Crippen MR) is 63.1 cm³/mol. The van der Waals surface area contributed by atoms with Crippen LogP contribution in [-0.4, -0.2) is 45.7 Å². The Morgan fingerprint density at radius 3 is 2.27 bits per heavy atom. The molecule has 0 fully saturated rings. The van der Waals surface area contributed by atoms with Gasteiger partial charge in [0.2, 0.25) is 0 Å². The van der Waals surface area contributed by atoms with Crippen LogP contribution < -0.4 is 10.6 Å². The summed E-state index contributed by atoms with van der Waals surface area (Å²) in [6, 6.07) is 0. The molecule has 0 aromatic heterocycles. The predicted octanol–water partition coefficient (Wildman–Crippen LogP) is 0.975. The molecule has 2 N–H and O–H groups in total. The molecule has 0 unspecified atom stereocenters. The van der Waals surface area contributed by atoms with Gasteiger partial charge in [0.25, 0.3) is 0 Å². The van der Waals surface area contributed by atoms with E-state index in [1.54, 1.807) is 7.11 Å². The van der Waals surface area contributed by atoms with Crippen molar-refractivity contribution in [1.82, 2.24) is 10.6 Å². The fourth-order valence-corrected chi connectivity index (χ4v) is 1.04. The van der Waals surface area contributed by atoms with Crippen LogP contribution in [0.1, 0.15) is 27.2 Å². The summed E-state index contributed by atoms with van der Waals surface area (Å²) in [6.07, 6.45) is 1.05. The maximum atomic E-state index is 5.56. The third-order valence-corrected chi connectivity index (χ3v) is 1.77. The van der Waals surface area contributed by atoms with Crippen LogP contribution in [0.4, 0.5) is 0 Å². The highest BCUT2D eigenvalue weighted by Crippen LogP contribution is 2.04. The van der Waals surface area contributed by atoms with E-state index >= 15 is 0 Å². The molecule has 0 atom stereocenters. The third-order valence-electron chi connectivity index (χ3n) is 1.77. The van der Waals surface area contributed by atoms with Gasteiger partial charge < -0.3 is 20.1 Å². The number of hydrogen-bond acceptors (Lipinski definition) is 4. The molecule has 0 aliphatic rings. The monoisotopic (exact) mass is 218 g/mol. The Bertz CT molecular complexity index is 135. The summed E-state index contributed by atoms with van der Waals surface area (Å²) >= 11 is 0. The lowest BCUT2D eigenvalue weighted by atomic mass is 10.2. The van der Waals surface area contributed by atoms with Crippen LogP contribution >= 0.6 is 0 Å². The number of methoxy groups -OCH3 is 1. The molecule has 0 saturated heterocycles. The molecule has 0 spiro atoms. The topological polar surface area (TPSA) is 42.5 Å². The lowest BCUT2D eigenvalue weighted by Gasteiger charge is -2.19. The van der Waals surface area contributed by atoms with Gasteiger partial charge in [-0.15, -0.1) is 0 Å². The zero-order valence-electron chi connectivity index (χ0n) is 10.6. The highest BCUT2D eigenvalue weighted by molar-refractivity contribution is 4.59. The van der Waals surface area contributed by atoms with Crippen LogP contribution in [-0.2, 0) is 9.47 Å². The Morgan fingerprint density at radius 1 is 1.00 bits per heavy atom. The summed E-state index contributed by atoms with van der Waals surface area (Å²) in [6.45, 7) is 10.5. The highest BCUT2D eigenvalue weighted by Gasteiger charge is 2.08. The third kappa shape index (κ3) is 13.8. The van der Waals surface area contributed by atoms with Crippen molar-refractivity contribution in [3.8, 4) is 0 Å². The van der Waals surface area contributed by atoms with Gasteiger partial charge >= 0.3 is 0 Å². The zero-order chi connectivity index (χ0) is 11.6. The molecule has 0 amide bonds. The quantitative estimate of drug-likeness (QED) is 0.447. The summed E-state index contributed by atoms with van der Waals surface area (Å²) in [7, 11) is 1.72. The number of ether oxygens (including phenoxy) is 2. The first-order valence-electron chi connectivity index (χ1n) is 5.60.